The monoisotopic (exact) mass is 521 g/mol. The molecule has 0 saturated heterocycles. The number of carbonyl (C=O) groups is 1. The van der Waals surface area contributed by atoms with E-state index in [4.69, 9.17) is 44.0 Å². The number of non-ortho nitro benzene ring substituents is 1. The molecule has 2 aromatic heterocycles. The normalized spacial score (nSPS) is 10.8. The van der Waals surface area contributed by atoms with E-state index in [9.17, 15) is 14.9 Å². The third-order valence-electron chi connectivity index (χ3n) is 4.49. The van der Waals surface area contributed by atoms with Gasteiger partial charge < -0.3 is 9.15 Å². The molecule has 174 valence electrons. The lowest BCUT2D eigenvalue weighted by Gasteiger charge is -2.06. The minimum Gasteiger partial charge on any atom is -0.484 e. The molecule has 1 amide bonds. The molecule has 0 bridgehead atoms. The molecule has 0 radical (unpaired) electrons. The van der Waals surface area contributed by atoms with Gasteiger partial charge in [-0.15, -0.1) is 5.10 Å². The highest BCUT2D eigenvalue weighted by atomic mass is 35.5. The van der Waals surface area contributed by atoms with E-state index in [1.54, 1.807) is 24.3 Å². The summed E-state index contributed by atoms with van der Waals surface area (Å²) in [7, 11) is 0. The number of anilines is 1. The number of ether oxygens (including phenoxy) is 1. The van der Waals surface area contributed by atoms with Gasteiger partial charge in [0.2, 0.25) is 5.95 Å². The van der Waals surface area contributed by atoms with Crippen molar-refractivity contribution in [2.24, 2.45) is 0 Å². The number of carbonyl (C=O) groups excluding carboxylic acids is 1. The van der Waals surface area contributed by atoms with Gasteiger partial charge in [0.15, 0.2) is 5.76 Å². The van der Waals surface area contributed by atoms with E-state index < -0.39 is 10.8 Å². The van der Waals surface area contributed by atoms with Crippen LogP contribution in [0.25, 0.3) is 0 Å². The minimum absolute atomic E-state index is 0.0190. The van der Waals surface area contributed by atoms with Crippen molar-refractivity contribution >= 4 is 52.3 Å². The SMILES string of the molecule is O=C(Nc1ncn(Cc2ccc(Cl)cc2Cl)n1)c1ccc(COc2ccc([N+](=O)[O-])cc2Cl)o1. The van der Waals surface area contributed by atoms with Crippen molar-refractivity contribution in [3.05, 3.63) is 97.1 Å². The predicted molar refractivity (Wildman–Crippen MR) is 125 cm³/mol. The van der Waals surface area contributed by atoms with Crippen molar-refractivity contribution in [3.63, 3.8) is 0 Å². The smallest absolute Gasteiger partial charge is 0.293 e. The largest absolute Gasteiger partial charge is 0.484 e. The number of amides is 1. The van der Waals surface area contributed by atoms with Crippen LogP contribution in [-0.4, -0.2) is 25.6 Å². The van der Waals surface area contributed by atoms with Crippen molar-refractivity contribution < 1.29 is 18.9 Å². The molecule has 2 aromatic carbocycles. The van der Waals surface area contributed by atoms with Crippen LogP contribution < -0.4 is 10.1 Å². The fourth-order valence-corrected chi connectivity index (χ4v) is 3.56. The second-order valence-electron chi connectivity index (χ2n) is 6.88. The first-order valence-corrected chi connectivity index (χ1v) is 10.7. The maximum absolute atomic E-state index is 12.5. The maximum atomic E-state index is 12.5. The number of benzene rings is 2. The molecule has 0 fully saturated rings. The fraction of sp³-hybridized carbons (Fsp3) is 0.0952. The zero-order chi connectivity index (χ0) is 24.2. The van der Waals surface area contributed by atoms with Crippen molar-refractivity contribution in [1.29, 1.82) is 0 Å². The van der Waals surface area contributed by atoms with E-state index in [-0.39, 0.29) is 34.8 Å². The number of nitrogens with one attached hydrogen (secondary N) is 1. The summed E-state index contributed by atoms with van der Waals surface area (Å²) in [4.78, 5) is 26.7. The predicted octanol–water partition coefficient (Wildman–Crippen LogP) is 5.62. The van der Waals surface area contributed by atoms with Gasteiger partial charge in [-0.3, -0.25) is 20.2 Å². The van der Waals surface area contributed by atoms with Crippen molar-refractivity contribution in [1.82, 2.24) is 14.8 Å². The van der Waals surface area contributed by atoms with Crippen LogP contribution in [0.15, 0.2) is 59.3 Å². The Balaban J connectivity index is 1.34. The number of nitrogens with zero attached hydrogens (tertiary/aromatic N) is 4. The zero-order valence-corrected chi connectivity index (χ0v) is 19.3. The number of furan rings is 1. The average Bonchev–Trinajstić information content (AvgIpc) is 3.44. The zero-order valence-electron chi connectivity index (χ0n) is 17.1. The Morgan fingerprint density at radius 3 is 2.68 bits per heavy atom. The van der Waals surface area contributed by atoms with Crippen LogP contribution in [0.3, 0.4) is 0 Å². The van der Waals surface area contributed by atoms with E-state index in [2.05, 4.69) is 15.4 Å². The van der Waals surface area contributed by atoms with Gasteiger partial charge in [0.05, 0.1) is 16.5 Å². The van der Waals surface area contributed by atoms with Gasteiger partial charge in [0.1, 0.15) is 24.4 Å². The van der Waals surface area contributed by atoms with E-state index >= 15 is 0 Å². The molecule has 0 saturated carbocycles. The topological polar surface area (TPSA) is 125 Å². The fourth-order valence-electron chi connectivity index (χ4n) is 2.86. The molecule has 10 nitrogen and oxygen atoms in total. The van der Waals surface area contributed by atoms with Gasteiger partial charge in [-0.2, -0.15) is 0 Å². The summed E-state index contributed by atoms with van der Waals surface area (Å²) in [5.74, 6) is 0.134. The molecule has 0 atom stereocenters. The van der Waals surface area contributed by atoms with Crippen LogP contribution in [0.5, 0.6) is 5.75 Å². The summed E-state index contributed by atoms with van der Waals surface area (Å²) in [6, 6.07) is 12.0. The average molecular weight is 523 g/mol. The second-order valence-corrected chi connectivity index (χ2v) is 8.13. The first kappa shape index (κ1) is 23.6. The van der Waals surface area contributed by atoms with Gasteiger partial charge in [-0.1, -0.05) is 40.9 Å². The van der Waals surface area contributed by atoms with Crippen LogP contribution in [-0.2, 0) is 13.2 Å². The Labute approximate surface area is 207 Å². The first-order valence-electron chi connectivity index (χ1n) is 9.58. The second kappa shape index (κ2) is 10.1. The molecular formula is C21H14Cl3N5O5. The van der Waals surface area contributed by atoms with Gasteiger partial charge in [0, 0.05) is 22.2 Å². The highest BCUT2D eigenvalue weighted by molar-refractivity contribution is 6.35. The number of hydrogen-bond donors (Lipinski definition) is 1. The Morgan fingerprint density at radius 2 is 1.94 bits per heavy atom. The molecule has 0 unspecified atom stereocenters. The van der Waals surface area contributed by atoms with Crippen LogP contribution in [0.1, 0.15) is 21.9 Å². The Hall–Kier alpha value is -3.60. The summed E-state index contributed by atoms with van der Waals surface area (Å²) in [6.45, 7) is 0.297. The molecule has 34 heavy (non-hydrogen) atoms. The van der Waals surface area contributed by atoms with Crippen molar-refractivity contribution in [2.75, 3.05) is 5.32 Å². The Kier molecular flexibility index (Phi) is 7.01. The molecule has 13 heteroatoms. The van der Waals surface area contributed by atoms with Crippen LogP contribution in [0.2, 0.25) is 15.1 Å². The third-order valence-corrected chi connectivity index (χ3v) is 5.37. The van der Waals surface area contributed by atoms with Crippen molar-refractivity contribution in [3.8, 4) is 5.75 Å². The number of nitro benzene ring substituents is 1. The summed E-state index contributed by atoms with van der Waals surface area (Å²) < 4.78 is 12.5. The van der Waals surface area contributed by atoms with E-state index in [0.29, 0.717) is 22.4 Å². The van der Waals surface area contributed by atoms with Gasteiger partial charge >= 0.3 is 0 Å². The first-order chi connectivity index (χ1) is 16.3. The molecule has 0 spiro atoms. The molecule has 4 rings (SSSR count). The quantitative estimate of drug-likeness (QED) is 0.235. The van der Waals surface area contributed by atoms with E-state index in [1.165, 1.54) is 35.3 Å². The molecule has 0 aliphatic rings. The summed E-state index contributed by atoms with van der Waals surface area (Å²) in [6.07, 6.45) is 1.45. The molecular weight excluding hydrogens is 509 g/mol. The summed E-state index contributed by atoms with van der Waals surface area (Å²) in [5, 5.41) is 18.6. The highest BCUT2D eigenvalue weighted by Gasteiger charge is 2.15. The summed E-state index contributed by atoms with van der Waals surface area (Å²) >= 11 is 18.1. The Bertz CT molecular complexity index is 1370. The molecule has 2 heterocycles. The molecule has 0 aliphatic carbocycles. The number of nitro groups is 1. The maximum Gasteiger partial charge on any atom is 0.293 e. The summed E-state index contributed by atoms with van der Waals surface area (Å²) in [5.41, 5.74) is 0.638. The number of hydrogen-bond acceptors (Lipinski definition) is 7. The standard InChI is InChI=1S/C21H14Cl3N5O5/c22-13-2-1-12(16(23)7-13)9-28-11-25-21(27-28)26-20(30)19-6-4-15(34-19)10-33-18-5-3-14(29(31)32)8-17(18)24/h1-8,11H,9-10H2,(H,26,27,30). The van der Waals surface area contributed by atoms with Gasteiger partial charge in [-0.05, 0) is 35.9 Å². The van der Waals surface area contributed by atoms with E-state index in [1.807, 2.05) is 0 Å². The third kappa shape index (κ3) is 5.66. The highest BCUT2D eigenvalue weighted by Crippen LogP contribution is 2.29. The number of aromatic nitrogens is 3. The van der Waals surface area contributed by atoms with Crippen LogP contribution >= 0.6 is 34.8 Å². The van der Waals surface area contributed by atoms with E-state index in [0.717, 1.165) is 5.56 Å². The number of halogens is 3. The molecule has 1 N–H and O–H groups in total. The lowest BCUT2D eigenvalue weighted by Crippen LogP contribution is -2.12. The van der Waals surface area contributed by atoms with Crippen LogP contribution in [0, 0.1) is 10.1 Å². The van der Waals surface area contributed by atoms with Gasteiger partial charge in [-0.25, -0.2) is 9.67 Å². The Morgan fingerprint density at radius 1 is 1.12 bits per heavy atom. The lowest BCUT2D eigenvalue weighted by atomic mass is 10.2. The minimum atomic E-state index is -0.558. The van der Waals surface area contributed by atoms with Crippen LogP contribution in [0.4, 0.5) is 11.6 Å². The molecule has 4 aromatic rings. The lowest BCUT2D eigenvalue weighted by molar-refractivity contribution is -0.384. The van der Waals surface area contributed by atoms with Gasteiger partial charge in [0.25, 0.3) is 11.6 Å². The van der Waals surface area contributed by atoms with Crippen molar-refractivity contribution in [2.45, 2.75) is 13.2 Å². The molecule has 0 aliphatic heterocycles. The number of rotatable bonds is 8.